The van der Waals surface area contributed by atoms with E-state index in [0.29, 0.717) is 12.2 Å². The molecular formula is C17H14N2O2. The number of carbonyl (C=O) groups is 1. The monoisotopic (exact) mass is 278 g/mol. The van der Waals surface area contributed by atoms with Gasteiger partial charge in [-0.15, -0.1) is 0 Å². The first-order valence-corrected chi connectivity index (χ1v) is 6.64. The number of rotatable bonds is 4. The number of benzene rings is 2. The third-order valence-electron chi connectivity index (χ3n) is 3.23. The van der Waals surface area contributed by atoms with Crippen molar-refractivity contribution in [2.75, 3.05) is 0 Å². The Morgan fingerprint density at radius 1 is 1.00 bits per heavy atom. The molecule has 104 valence electrons. The molecule has 0 saturated heterocycles. The lowest BCUT2D eigenvalue weighted by Crippen LogP contribution is -2.09. The van der Waals surface area contributed by atoms with E-state index in [4.69, 9.17) is 0 Å². The van der Waals surface area contributed by atoms with Gasteiger partial charge in [-0.1, -0.05) is 60.7 Å². The Morgan fingerprint density at radius 2 is 1.62 bits per heavy atom. The van der Waals surface area contributed by atoms with Crippen molar-refractivity contribution in [3.63, 3.8) is 0 Å². The minimum absolute atomic E-state index is 0.0534. The van der Waals surface area contributed by atoms with E-state index in [1.165, 1.54) is 0 Å². The van der Waals surface area contributed by atoms with Crippen LogP contribution >= 0.6 is 0 Å². The van der Waals surface area contributed by atoms with Crippen molar-refractivity contribution in [1.29, 1.82) is 0 Å². The molecule has 0 aliphatic carbocycles. The van der Waals surface area contributed by atoms with Crippen LogP contribution in [-0.2, 0) is 6.54 Å². The Balaban J connectivity index is 2.00. The maximum atomic E-state index is 11.4. The van der Waals surface area contributed by atoms with Gasteiger partial charge in [0.25, 0.3) is 0 Å². The third kappa shape index (κ3) is 2.84. The molecule has 1 heterocycles. The predicted molar refractivity (Wildman–Crippen MR) is 80.2 cm³/mol. The van der Waals surface area contributed by atoms with Crippen molar-refractivity contribution in [2.24, 2.45) is 0 Å². The summed E-state index contributed by atoms with van der Waals surface area (Å²) in [7, 11) is 0. The summed E-state index contributed by atoms with van der Waals surface area (Å²) in [5.74, 6) is -0.967. The molecule has 0 atom stereocenters. The average Bonchev–Trinajstić information content (AvgIpc) is 2.93. The number of aromatic nitrogens is 2. The molecule has 3 aromatic rings. The molecule has 0 radical (unpaired) electrons. The molecule has 0 bridgehead atoms. The van der Waals surface area contributed by atoms with E-state index in [9.17, 15) is 9.90 Å². The maximum absolute atomic E-state index is 11.4. The van der Waals surface area contributed by atoms with Crippen LogP contribution in [0, 0.1) is 0 Å². The van der Waals surface area contributed by atoms with E-state index in [-0.39, 0.29) is 5.82 Å². The highest BCUT2D eigenvalue weighted by Crippen LogP contribution is 2.19. The number of imidazole rings is 1. The topological polar surface area (TPSA) is 55.1 Å². The first kappa shape index (κ1) is 13.1. The largest absolute Gasteiger partial charge is 0.475 e. The minimum atomic E-state index is -1.02. The summed E-state index contributed by atoms with van der Waals surface area (Å²) in [6.45, 7) is 0.488. The molecule has 3 rings (SSSR count). The van der Waals surface area contributed by atoms with E-state index in [1.54, 1.807) is 10.8 Å². The summed E-state index contributed by atoms with van der Waals surface area (Å²) in [5, 5.41) is 9.32. The fourth-order valence-electron chi connectivity index (χ4n) is 2.24. The Morgan fingerprint density at radius 3 is 2.24 bits per heavy atom. The maximum Gasteiger partial charge on any atom is 0.372 e. The van der Waals surface area contributed by atoms with Crippen molar-refractivity contribution in [3.8, 4) is 11.3 Å². The average molecular weight is 278 g/mol. The van der Waals surface area contributed by atoms with Gasteiger partial charge in [0.05, 0.1) is 5.69 Å². The zero-order valence-corrected chi connectivity index (χ0v) is 11.3. The van der Waals surface area contributed by atoms with Crippen molar-refractivity contribution >= 4 is 5.97 Å². The number of carboxylic acid groups (broad SMARTS) is 1. The molecule has 0 amide bonds. The van der Waals surface area contributed by atoms with Gasteiger partial charge in [0.15, 0.2) is 0 Å². The van der Waals surface area contributed by atoms with Crippen LogP contribution in [0.5, 0.6) is 0 Å². The molecule has 0 aliphatic rings. The fourth-order valence-corrected chi connectivity index (χ4v) is 2.24. The highest BCUT2D eigenvalue weighted by Gasteiger charge is 2.15. The quantitative estimate of drug-likeness (QED) is 0.796. The van der Waals surface area contributed by atoms with Gasteiger partial charge in [0, 0.05) is 18.3 Å². The number of hydrogen-bond donors (Lipinski definition) is 1. The second kappa shape index (κ2) is 5.63. The van der Waals surface area contributed by atoms with E-state index in [0.717, 1.165) is 11.1 Å². The Hall–Kier alpha value is -2.88. The zero-order chi connectivity index (χ0) is 14.7. The van der Waals surface area contributed by atoms with Crippen LogP contribution in [0.25, 0.3) is 11.3 Å². The van der Waals surface area contributed by atoms with Gasteiger partial charge in [0.2, 0.25) is 5.82 Å². The van der Waals surface area contributed by atoms with Crippen molar-refractivity contribution in [3.05, 3.63) is 78.2 Å². The van der Waals surface area contributed by atoms with Gasteiger partial charge >= 0.3 is 5.97 Å². The van der Waals surface area contributed by atoms with E-state index in [1.807, 2.05) is 60.7 Å². The van der Waals surface area contributed by atoms with Crippen LogP contribution in [0.3, 0.4) is 0 Å². The second-order valence-corrected chi connectivity index (χ2v) is 4.73. The molecule has 0 fully saturated rings. The predicted octanol–water partition coefficient (Wildman–Crippen LogP) is 3.30. The number of nitrogens with zero attached hydrogens (tertiary/aromatic N) is 2. The van der Waals surface area contributed by atoms with Crippen LogP contribution in [0.4, 0.5) is 0 Å². The van der Waals surface area contributed by atoms with Gasteiger partial charge < -0.3 is 9.67 Å². The molecule has 2 aromatic carbocycles. The van der Waals surface area contributed by atoms with Crippen molar-refractivity contribution in [2.45, 2.75) is 6.54 Å². The molecular weight excluding hydrogens is 264 g/mol. The molecule has 21 heavy (non-hydrogen) atoms. The summed E-state index contributed by atoms with van der Waals surface area (Å²) in [6.07, 6.45) is 1.78. The molecule has 1 aromatic heterocycles. The minimum Gasteiger partial charge on any atom is -0.475 e. The molecule has 4 heteroatoms. The van der Waals surface area contributed by atoms with Crippen LogP contribution in [0.1, 0.15) is 16.2 Å². The Bertz CT molecular complexity index is 749. The van der Waals surface area contributed by atoms with E-state index in [2.05, 4.69) is 4.98 Å². The zero-order valence-electron chi connectivity index (χ0n) is 11.3. The fraction of sp³-hybridized carbons (Fsp3) is 0.0588. The van der Waals surface area contributed by atoms with Gasteiger partial charge in [-0.2, -0.15) is 0 Å². The molecule has 4 nitrogen and oxygen atoms in total. The van der Waals surface area contributed by atoms with Crippen molar-refractivity contribution < 1.29 is 9.90 Å². The number of aromatic carboxylic acids is 1. The summed E-state index contributed by atoms with van der Waals surface area (Å²) in [6, 6.07) is 19.3. The van der Waals surface area contributed by atoms with E-state index < -0.39 is 5.97 Å². The van der Waals surface area contributed by atoms with Gasteiger partial charge in [-0.05, 0) is 5.56 Å². The van der Waals surface area contributed by atoms with Gasteiger partial charge in [-0.3, -0.25) is 0 Å². The summed E-state index contributed by atoms with van der Waals surface area (Å²) in [5.41, 5.74) is 2.62. The number of hydrogen-bond acceptors (Lipinski definition) is 2. The lowest BCUT2D eigenvalue weighted by molar-refractivity contribution is 0.0679. The van der Waals surface area contributed by atoms with Crippen molar-refractivity contribution in [1.82, 2.24) is 9.55 Å². The molecule has 0 spiro atoms. The summed E-state index contributed by atoms with van der Waals surface area (Å²) < 4.78 is 1.67. The molecule has 1 N–H and O–H groups in total. The molecule has 0 saturated carbocycles. The first-order valence-electron chi connectivity index (χ1n) is 6.64. The molecule has 0 unspecified atom stereocenters. The van der Waals surface area contributed by atoms with Gasteiger partial charge in [-0.25, -0.2) is 9.78 Å². The summed E-state index contributed by atoms with van der Waals surface area (Å²) in [4.78, 5) is 15.6. The molecule has 0 aliphatic heterocycles. The first-order chi connectivity index (χ1) is 10.2. The lowest BCUT2D eigenvalue weighted by atomic mass is 10.2. The van der Waals surface area contributed by atoms with Gasteiger partial charge in [0.1, 0.15) is 0 Å². The normalized spacial score (nSPS) is 10.5. The summed E-state index contributed by atoms with van der Waals surface area (Å²) >= 11 is 0. The highest BCUT2D eigenvalue weighted by atomic mass is 16.4. The Labute approximate surface area is 122 Å². The highest BCUT2D eigenvalue weighted by molar-refractivity contribution is 5.84. The second-order valence-electron chi connectivity index (χ2n) is 4.73. The van der Waals surface area contributed by atoms with Crippen LogP contribution in [-0.4, -0.2) is 20.6 Å². The van der Waals surface area contributed by atoms with Crippen LogP contribution in [0.2, 0.25) is 0 Å². The smallest absolute Gasteiger partial charge is 0.372 e. The van der Waals surface area contributed by atoms with Crippen LogP contribution < -0.4 is 0 Å². The number of carboxylic acids is 1. The Kier molecular flexibility index (Phi) is 3.51. The standard InChI is InChI=1S/C17H14N2O2/c20-17(21)16-18-15(14-9-5-2-6-10-14)12-19(16)11-13-7-3-1-4-8-13/h1-10,12H,11H2,(H,20,21). The van der Waals surface area contributed by atoms with Crippen LogP contribution in [0.15, 0.2) is 66.9 Å². The lowest BCUT2D eigenvalue weighted by Gasteiger charge is -2.04. The van der Waals surface area contributed by atoms with E-state index >= 15 is 0 Å². The SMILES string of the molecule is O=C(O)c1nc(-c2ccccc2)cn1Cc1ccccc1. The third-order valence-corrected chi connectivity index (χ3v) is 3.23.